The third-order valence-corrected chi connectivity index (χ3v) is 3.54. The Morgan fingerprint density at radius 2 is 2.14 bits per heavy atom. The van der Waals surface area contributed by atoms with Crippen LogP contribution in [0.25, 0.3) is 10.9 Å². The summed E-state index contributed by atoms with van der Waals surface area (Å²) in [5.41, 5.74) is 0.358. The molecule has 0 amide bonds. The molecule has 5 nitrogen and oxygen atoms in total. The van der Waals surface area contributed by atoms with Gasteiger partial charge in [-0.3, -0.25) is 0 Å². The molecule has 7 heteroatoms. The van der Waals surface area contributed by atoms with Crippen molar-refractivity contribution in [1.29, 1.82) is 0 Å². The van der Waals surface area contributed by atoms with E-state index in [9.17, 15) is 8.78 Å². The van der Waals surface area contributed by atoms with Gasteiger partial charge in [0, 0.05) is 24.6 Å². The molecule has 1 aromatic carbocycles. The van der Waals surface area contributed by atoms with E-state index in [-0.39, 0.29) is 6.10 Å². The summed E-state index contributed by atoms with van der Waals surface area (Å²) in [6.07, 6.45) is 3.63. The van der Waals surface area contributed by atoms with Crippen LogP contribution in [-0.4, -0.2) is 42.4 Å². The largest absolute Gasteiger partial charge is 0.377 e. The van der Waals surface area contributed by atoms with E-state index in [0.29, 0.717) is 36.5 Å². The predicted octanol–water partition coefficient (Wildman–Crippen LogP) is 2.52. The molecule has 1 N–H and O–H groups in total. The van der Waals surface area contributed by atoms with E-state index in [1.807, 2.05) is 0 Å². The highest BCUT2D eigenvalue weighted by atomic mass is 19.2. The summed E-state index contributed by atoms with van der Waals surface area (Å²) in [6, 6.07) is 2.16. The van der Waals surface area contributed by atoms with Crippen LogP contribution in [0.3, 0.4) is 0 Å². The van der Waals surface area contributed by atoms with Gasteiger partial charge < -0.3 is 14.8 Å². The highest BCUT2D eigenvalue weighted by Gasteiger charge is 2.15. The summed E-state index contributed by atoms with van der Waals surface area (Å²) in [7, 11) is 0. The van der Waals surface area contributed by atoms with Crippen molar-refractivity contribution in [3.8, 4) is 0 Å². The number of benzene rings is 1. The SMILES string of the molecule is Fc1cc2ncnc(NCCOCC3CCCO3)c2cc1F. The molecule has 1 aromatic heterocycles. The Labute approximate surface area is 126 Å². The first-order valence-electron chi connectivity index (χ1n) is 7.27. The lowest BCUT2D eigenvalue weighted by atomic mass is 10.2. The summed E-state index contributed by atoms with van der Waals surface area (Å²) >= 11 is 0. The summed E-state index contributed by atoms with van der Waals surface area (Å²) in [5.74, 6) is -1.37. The van der Waals surface area contributed by atoms with Crippen molar-refractivity contribution in [3.05, 3.63) is 30.1 Å². The molecule has 1 aliphatic rings. The molecule has 1 atom stereocenters. The third kappa shape index (κ3) is 3.48. The molecule has 1 saturated heterocycles. The summed E-state index contributed by atoms with van der Waals surface area (Å²) < 4.78 is 37.5. The number of ether oxygens (including phenoxy) is 2. The highest BCUT2D eigenvalue weighted by molar-refractivity contribution is 5.88. The van der Waals surface area contributed by atoms with Crippen LogP contribution in [0.2, 0.25) is 0 Å². The maximum atomic E-state index is 13.3. The smallest absolute Gasteiger partial charge is 0.161 e. The maximum absolute atomic E-state index is 13.3. The van der Waals surface area contributed by atoms with Crippen molar-refractivity contribution in [3.63, 3.8) is 0 Å². The van der Waals surface area contributed by atoms with Crippen LogP contribution in [0.5, 0.6) is 0 Å². The van der Waals surface area contributed by atoms with E-state index >= 15 is 0 Å². The van der Waals surface area contributed by atoms with Crippen LogP contribution >= 0.6 is 0 Å². The molecule has 0 radical (unpaired) electrons. The van der Waals surface area contributed by atoms with Crippen molar-refractivity contribution < 1.29 is 18.3 Å². The van der Waals surface area contributed by atoms with Crippen molar-refractivity contribution in [1.82, 2.24) is 9.97 Å². The molecule has 118 valence electrons. The molecule has 1 fully saturated rings. The zero-order chi connectivity index (χ0) is 15.4. The molecule has 0 bridgehead atoms. The van der Waals surface area contributed by atoms with E-state index in [4.69, 9.17) is 9.47 Å². The van der Waals surface area contributed by atoms with Gasteiger partial charge in [0.2, 0.25) is 0 Å². The normalized spacial score (nSPS) is 18.0. The van der Waals surface area contributed by atoms with Crippen LogP contribution in [0.4, 0.5) is 14.6 Å². The average molecular weight is 309 g/mol. The van der Waals surface area contributed by atoms with Gasteiger partial charge in [-0.25, -0.2) is 18.7 Å². The minimum absolute atomic E-state index is 0.192. The molecule has 2 heterocycles. The van der Waals surface area contributed by atoms with Gasteiger partial charge in [-0.2, -0.15) is 0 Å². The van der Waals surface area contributed by atoms with E-state index in [1.165, 1.54) is 6.33 Å². The van der Waals surface area contributed by atoms with E-state index in [2.05, 4.69) is 15.3 Å². The quantitative estimate of drug-likeness (QED) is 0.831. The fourth-order valence-electron chi connectivity index (χ4n) is 2.42. The molecule has 1 unspecified atom stereocenters. The second-order valence-electron chi connectivity index (χ2n) is 5.14. The fourth-order valence-corrected chi connectivity index (χ4v) is 2.42. The topological polar surface area (TPSA) is 56.3 Å². The average Bonchev–Trinajstić information content (AvgIpc) is 3.02. The zero-order valence-corrected chi connectivity index (χ0v) is 12.0. The highest BCUT2D eigenvalue weighted by Crippen LogP contribution is 2.22. The van der Waals surface area contributed by atoms with Gasteiger partial charge in [0.15, 0.2) is 11.6 Å². The number of fused-ring (bicyclic) bond motifs is 1. The van der Waals surface area contributed by atoms with E-state index in [0.717, 1.165) is 31.6 Å². The second-order valence-corrected chi connectivity index (χ2v) is 5.14. The van der Waals surface area contributed by atoms with Gasteiger partial charge in [0.25, 0.3) is 0 Å². The molecule has 0 saturated carbocycles. The number of hydrogen-bond donors (Lipinski definition) is 1. The van der Waals surface area contributed by atoms with Crippen LogP contribution in [0, 0.1) is 11.6 Å². The van der Waals surface area contributed by atoms with Crippen LogP contribution in [0.1, 0.15) is 12.8 Å². The Kier molecular flexibility index (Phi) is 4.74. The molecule has 0 spiro atoms. The van der Waals surface area contributed by atoms with Crippen molar-refractivity contribution in [2.75, 3.05) is 31.7 Å². The standard InChI is InChI=1S/C15H17F2N3O2/c16-12-6-11-14(7-13(12)17)19-9-20-15(11)18-3-5-21-8-10-2-1-4-22-10/h6-7,9-10H,1-5,8H2,(H,18,19,20). The molecular formula is C15H17F2N3O2. The molecule has 3 rings (SSSR count). The van der Waals surface area contributed by atoms with Gasteiger partial charge in [-0.05, 0) is 18.9 Å². The number of halogens is 2. The Morgan fingerprint density at radius 3 is 2.95 bits per heavy atom. The number of rotatable bonds is 6. The number of anilines is 1. The Hall–Kier alpha value is -1.86. The Morgan fingerprint density at radius 1 is 1.27 bits per heavy atom. The molecule has 22 heavy (non-hydrogen) atoms. The first kappa shape index (κ1) is 15.1. The molecule has 1 aliphatic heterocycles. The second kappa shape index (κ2) is 6.93. The lowest BCUT2D eigenvalue weighted by Crippen LogP contribution is -2.18. The van der Waals surface area contributed by atoms with Gasteiger partial charge >= 0.3 is 0 Å². The molecular weight excluding hydrogens is 292 g/mol. The Balaban J connectivity index is 1.55. The van der Waals surface area contributed by atoms with Crippen molar-refractivity contribution in [2.45, 2.75) is 18.9 Å². The number of hydrogen-bond acceptors (Lipinski definition) is 5. The van der Waals surface area contributed by atoms with E-state index in [1.54, 1.807) is 0 Å². The third-order valence-electron chi connectivity index (χ3n) is 3.54. The number of nitrogens with one attached hydrogen (secondary N) is 1. The minimum Gasteiger partial charge on any atom is -0.377 e. The van der Waals surface area contributed by atoms with Crippen LogP contribution in [0.15, 0.2) is 18.5 Å². The van der Waals surface area contributed by atoms with Crippen LogP contribution in [-0.2, 0) is 9.47 Å². The summed E-state index contributed by atoms with van der Waals surface area (Å²) in [4.78, 5) is 8.00. The Bertz CT molecular complexity index is 648. The minimum atomic E-state index is -0.919. The van der Waals surface area contributed by atoms with E-state index < -0.39 is 11.6 Å². The van der Waals surface area contributed by atoms with Crippen molar-refractivity contribution >= 4 is 16.7 Å². The lowest BCUT2D eigenvalue weighted by Gasteiger charge is -2.11. The van der Waals surface area contributed by atoms with Gasteiger partial charge in [0.1, 0.15) is 12.1 Å². The van der Waals surface area contributed by atoms with Crippen molar-refractivity contribution in [2.24, 2.45) is 0 Å². The monoisotopic (exact) mass is 309 g/mol. The number of nitrogens with zero attached hydrogens (tertiary/aromatic N) is 2. The molecule has 2 aromatic rings. The fraction of sp³-hybridized carbons (Fsp3) is 0.467. The number of aromatic nitrogens is 2. The summed E-state index contributed by atoms with van der Waals surface area (Å²) in [5, 5.41) is 3.50. The van der Waals surface area contributed by atoms with Crippen LogP contribution < -0.4 is 5.32 Å². The first-order chi connectivity index (χ1) is 10.7. The first-order valence-corrected chi connectivity index (χ1v) is 7.27. The lowest BCUT2D eigenvalue weighted by molar-refractivity contribution is 0.0206. The summed E-state index contributed by atoms with van der Waals surface area (Å²) in [6.45, 7) is 2.38. The van der Waals surface area contributed by atoms with Gasteiger partial charge in [-0.15, -0.1) is 0 Å². The van der Waals surface area contributed by atoms with Gasteiger partial charge in [-0.1, -0.05) is 0 Å². The predicted molar refractivity (Wildman–Crippen MR) is 77.7 cm³/mol. The maximum Gasteiger partial charge on any atom is 0.161 e. The molecule has 0 aliphatic carbocycles. The zero-order valence-electron chi connectivity index (χ0n) is 12.0. The van der Waals surface area contributed by atoms with Gasteiger partial charge in [0.05, 0.1) is 24.8 Å².